The third-order valence-electron chi connectivity index (χ3n) is 6.13. The standard InChI is InChI=1S/C20H26FNO/c1-23-20-5-4-18(21)12-19(20)15-6-8-22(9-7-15)13-17-11-14-2-3-16(17)10-14/h2-5,12,14-17H,6-11,13H2,1H3/t14?,16?,17-/m0/s1. The smallest absolute Gasteiger partial charge is 0.123 e. The van der Waals surface area contributed by atoms with E-state index in [0.717, 1.165) is 55.0 Å². The van der Waals surface area contributed by atoms with Gasteiger partial charge in [0.05, 0.1) is 7.11 Å². The van der Waals surface area contributed by atoms with Crippen LogP contribution in [0.1, 0.15) is 37.2 Å². The fourth-order valence-corrected chi connectivity index (χ4v) is 4.89. The van der Waals surface area contributed by atoms with Crippen molar-refractivity contribution >= 4 is 0 Å². The molecule has 2 fully saturated rings. The van der Waals surface area contributed by atoms with Gasteiger partial charge >= 0.3 is 0 Å². The number of ether oxygens (including phenoxy) is 1. The SMILES string of the molecule is COc1ccc(F)cc1C1CCN(C[C@@H]2CC3C=CC2C3)CC1. The van der Waals surface area contributed by atoms with Crippen LogP contribution >= 0.6 is 0 Å². The van der Waals surface area contributed by atoms with E-state index in [1.165, 1.54) is 25.5 Å². The lowest BCUT2D eigenvalue weighted by Crippen LogP contribution is -2.37. The predicted octanol–water partition coefficient (Wildman–Crippen LogP) is 4.23. The van der Waals surface area contributed by atoms with Crippen LogP contribution in [0, 0.1) is 23.6 Å². The van der Waals surface area contributed by atoms with Crippen molar-refractivity contribution in [2.24, 2.45) is 17.8 Å². The van der Waals surface area contributed by atoms with Crippen molar-refractivity contribution in [3.63, 3.8) is 0 Å². The minimum Gasteiger partial charge on any atom is -0.496 e. The van der Waals surface area contributed by atoms with E-state index < -0.39 is 0 Å². The highest BCUT2D eigenvalue weighted by atomic mass is 19.1. The van der Waals surface area contributed by atoms with Crippen LogP contribution < -0.4 is 4.74 Å². The number of halogens is 1. The molecule has 1 aliphatic heterocycles. The number of rotatable bonds is 4. The van der Waals surface area contributed by atoms with Gasteiger partial charge in [-0.2, -0.15) is 0 Å². The minimum atomic E-state index is -0.156. The first kappa shape index (κ1) is 15.2. The average Bonchev–Trinajstić information content (AvgIpc) is 3.18. The van der Waals surface area contributed by atoms with Gasteiger partial charge in [0.1, 0.15) is 11.6 Å². The van der Waals surface area contributed by atoms with Crippen molar-refractivity contribution in [2.45, 2.75) is 31.6 Å². The summed E-state index contributed by atoms with van der Waals surface area (Å²) in [6.07, 6.45) is 9.86. The number of fused-ring (bicyclic) bond motifs is 2. The van der Waals surface area contributed by atoms with Gasteiger partial charge in [-0.1, -0.05) is 12.2 Å². The lowest BCUT2D eigenvalue weighted by Gasteiger charge is -2.35. The van der Waals surface area contributed by atoms with Gasteiger partial charge in [0.15, 0.2) is 0 Å². The normalized spacial score (nSPS) is 31.0. The Balaban J connectivity index is 1.36. The second-order valence-corrected chi connectivity index (χ2v) is 7.50. The molecule has 3 atom stereocenters. The zero-order chi connectivity index (χ0) is 15.8. The monoisotopic (exact) mass is 315 g/mol. The molecule has 2 nitrogen and oxygen atoms in total. The molecule has 4 rings (SSSR count). The van der Waals surface area contributed by atoms with Crippen LogP contribution in [0.2, 0.25) is 0 Å². The predicted molar refractivity (Wildman–Crippen MR) is 90.2 cm³/mol. The first-order valence-corrected chi connectivity index (χ1v) is 8.97. The molecular weight excluding hydrogens is 289 g/mol. The number of hydrogen-bond acceptors (Lipinski definition) is 2. The summed E-state index contributed by atoms with van der Waals surface area (Å²) in [5.41, 5.74) is 1.05. The Bertz CT molecular complexity index is 591. The van der Waals surface area contributed by atoms with E-state index in [-0.39, 0.29) is 5.82 Å². The molecule has 3 heteroatoms. The summed E-state index contributed by atoms with van der Waals surface area (Å²) in [7, 11) is 1.68. The molecule has 0 amide bonds. The van der Waals surface area contributed by atoms with E-state index in [1.54, 1.807) is 19.2 Å². The lowest BCUT2D eigenvalue weighted by atomic mass is 9.87. The van der Waals surface area contributed by atoms with Crippen LogP contribution in [0.5, 0.6) is 5.75 Å². The molecular formula is C20H26FNO. The maximum atomic E-state index is 13.6. The zero-order valence-electron chi connectivity index (χ0n) is 13.9. The Kier molecular flexibility index (Phi) is 4.14. The number of allylic oxidation sites excluding steroid dienone is 2. The number of nitrogens with zero attached hydrogens (tertiary/aromatic N) is 1. The summed E-state index contributed by atoms with van der Waals surface area (Å²) in [5.74, 6) is 3.67. The molecule has 23 heavy (non-hydrogen) atoms. The van der Waals surface area contributed by atoms with E-state index in [9.17, 15) is 4.39 Å². The van der Waals surface area contributed by atoms with Gasteiger partial charge in [-0.05, 0) is 80.6 Å². The Morgan fingerprint density at radius 2 is 2.00 bits per heavy atom. The molecule has 2 unspecified atom stereocenters. The highest BCUT2D eigenvalue weighted by Crippen LogP contribution is 2.44. The van der Waals surface area contributed by atoms with Crippen molar-refractivity contribution < 1.29 is 9.13 Å². The van der Waals surface area contributed by atoms with Crippen LogP contribution in [0.25, 0.3) is 0 Å². The number of benzene rings is 1. The zero-order valence-corrected chi connectivity index (χ0v) is 13.9. The van der Waals surface area contributed by atoms with Crippen molar-refractivity contribution in [3.05, 3.63) is 41.7 Å². The van der Waals surface area contributed by atoms with E-state index >= 15 is 0 Å². The molecule has 0 N–H and O–H groups in total. The Morgan fingerprint density at radius 3 is 2.65 bits per heavy atom. The fraction of sp³-hybridized carbons (Fsp3) is 0.600. The first-order chi connectivity index (χ1) is 11.2. The summed E-state index contributed by atoms with van der Waals surface area (Å²) < 4.78 is 19.0. The van der Waals surface area contributed by atoms with E-state index in [2.05, 4.69) is 17.1 Å². The molecule has 0 aromatic heterocycles. The molecule has 3 aliphatic rings. The Labute approximate surface area is 138 Å². The number of likely N-dealkylation sites (tertiary alicyclic amines) is 1. The topological polar surface area (TPSA) is 12.5 Å². The van der Waals surface area contributed by atoms with E-state index in [1.807, 2.05) is 0 Å². The van der Waals surface area contributed by atoms with Gasteiger partial charge in [0, 0.05) is 12.1 Å². The van der Waals surface area contributed by atoms with E-state index in [4.69, 9.17) is 4.74 Å². The quantitative estimate of drug-likeness (QED) is 0.771. The van der Waals surface area contributed by atoms with Crippen molar-refractivity contribution in [1.29, 1.82) is 0 Å². The second kappa shape index (κ2) is 6.27. The molecule has 0 radical (unpaired) electrons. The van der Waals surface area contributed by atoms with Crippen LogP contribution in [-0.4, -0.2) is 31.6 Å². The number of hydrogen-bond donors (Lipinski definition) is 0. The Hall–Kier alpha value is -1.35. The molecule has 2 bridgehead atoms. The average molecular weight is 315 g/mol. The molecule has 1 saturated heterocycles. The molecule has 1 saturated carbocycles. The van der Waals surface area contributed by atoms with Crippen LogP contribution in [-0.2, 0) is 0 Å². The number of methoxy groups -OCH3 is 1. The summed E-state index contributed by atoms with van der Waals surface area (Å²) >= 11 is 0. The maximum Gasteiger partial charge on any atom is 0.123 e. The van der Waals surface area contributed by atoms with Gasteiger partial charge in [-0.15, -0.1) is 0 Å². The summed E-state index contributed by atoms with van der Waals surface area (Å²) in [6.45, 7) is 3.50. The molecule has 124 valence electrons. The maximum absolute atomic E-state index is 13.6. The first-order valence-electron chi connectivity index (χ1n) is 8.97. The van der Waals surface area contributed by atoms with Gasteiger partial charge < -0.3 is 9.64 Å². The summed E-state index contributed by atoms with van der Waals surface area (Å²) in [5, 5.41) is 0. The minimum absolute atomic E-state index is 0.156. The number of piperidine rings is 1. The fourth-order valence-electron chi connectivity index (χ4n) is 4.89. The lowest BCUT2D eigenvalue weighted by molar-refractivity contribution is 0.171. The third kappa shape index (κ3) is 3.03. The summed E-state index contributed by atoms with van der Waals surface area (Å²) in [4.78, 5) is 2.63. The van der Waals surface area contributed by atoms with Crippen molar-refractivity contribution in [2.75, 3.05) is 26.7 Å². The van der Waals surface area contributed by atoms with Crippen LogP contribution in [0.4, 0.5) is 4.39 Å². The molecule has 2 aliphatic carbocycles. The van der Waals surface area contributed by atoms with Crippen LogP contribution in [0.15, 0.2) is 30.4 Å². The molecule has 0 spiro atoms. The van der Waals surface area contributed by atoms with Gasteiger partial charge in [-0.3, -0.25) is 0 Å². The van der Waals surface area contributed by atoms with Crippen LogP contribution in [0.3, 0.4) is 0 Å². The largest absolute Gasteiger partial charge is 0.496 e. The highest BCUT2D eigenvalue weighted by Gasteiger charge is 2.37. The summed E-state index contributed by atoms with van der Waals surface area (Å²) in [6, 6.07) is 4.92. The molecule has 1 aromatic rings. The second-order valence-electron chi connectivity index (χ2n) is 7.50. The molecule has 1 heterocycles. The van der Waals surface area contributed by atoms with E-state index in [0.29, 0.717) is 5.92 Å². The van der Waals surface area contributed by atoms with Gasteiger partial charge in [0.2, 0.25) is 0 Å². The van der Waals surface area contributed by atoms with Gasteiger partial charge in [0.25, 0.3) is 0 Å². The third-order valence-corrected chi connectivity index (χ3v) is 6.13. The molecule has 1 aromatic carbocycles. The van der Waals surface area contributed by atoms with Crippen molar-refractivity contribution in [3.8, 4) is 5.75 Å². The van der Waals surface area contributed by atoms with Gasteiger partial charge in [-0.25, -0.2) is 4.39 Å². The van der Waals surface area contributed by atoms with Crippen molar-refractivity contribution in [1.82, 2.24) is 4.90 Å². The Morgan fingerprint density at radius 1 is 1.17 bits per heavy atom. The highest BCUT2D eigenvalue weighted by molar-refractivity contribution is 5.37.